The molecule has 1 fully saturated rings. The average Bonchev–Trinajstić information content (AvgIpc) is 2.90. The van der Waals surface area contributed by atoms with Crippen molar-refractivity contribution in [2.75, 3.05) is 6.54 Å². The van der Waals surface area contributed by atoms with Crippen LogP contribution in [0.25, 0.3) is 5.78 Å². The van der Waals surface area contributed by atoms with Gasteiger partial charge in [-0.15, -0.1) is 0 Å². The van der Waals surface area contributed by atoms with Crippen molar-refractivity contribution in [3.63, 3.8) is 0 Å². The van der Waals surface area contributed by atoms with E-state index in [1.165, 1.54) is 6.42 Å². The molecule has 0 saturated carbocycles. The molecule has 2 aromatic heterocycles. The van der Waals surface area contributed by atoms with Crippen LogP contribution in [-0.2, 0) is 0 Å². The van der Waals surface area contributed by atoms with Crippen LogP contribution in [-0.4, -0.2) is 37.8 Å². The molecule has 1 saturated heterocycles. The van der Waals surface area contributed by atoms with E-state index in [9.17, 15) is 4.79 Å². The Kier molecular flexibility index (Phi) is 3.19. The van der Waals surface area contributed by atoms with Crippen molar-refractivity contribution < 1.29 is 4.79 Å². The highest BCUT2D eigenvalue weighted by molar-refractivity contribution is 5.93. The van der Waals surface area contributed by atoms with Gasteiger partial charge in [0.15, 0.2) is 0 Å². The van der Waals surface area contributed by atoms with E-state index < -0.39 is 0 Å². The highest BCUT2D eigenvalue weighted by Gasteiger charge is 2.27. The maximum Gasteiger partial charge on any atom is 0.274 e. The number of hydrogen-bond donors (Lipinski definition) is 0. The molecule has 1 aliphatic heterocycles. The zero-order valence-corrected chi connectivity index (χ0v) is 11.1. The number of nitrogens with zero attached hydrogens (tertiary/aromatic N) is 4. The summed E-state index contributed by atoms with van der Waals surface area (Å²) in [5, 5.41) is 0. The normalized spacial score (nSPS) is 19.8. The largest absolute Gasteiger partial charge is 0.334 e. The average molecular weight is 258 g/mol. The molecule has 1 amide bonds. The smallest absolute Gasteiger partial charge is 0.274 e. The Hall–Kier alpha value is -1.91. The van der Waals surface area contributed by atoms with Crippen LogP contribution in [0, 0.1) is 0 Å². The molecule has 0 aliphatic carbocycles. The Balaban J connectivity index is 1.89. The standard InChI is InChI=1S/C14H18N4O/c1-2-11-6-3-4-9-18(11)13(19)12-10-17-8-5-7-15-14(17)16-12/h5,7-8,10-11H,2-4,6,9H2,1H3. The fourth-order valence-corrected chi connectivity index (χ4v) is 2.77. The van der Waals surface area contributed by atoms with Gasteiger partial charge in [-0.25, -0.2) is 9.97 Å². The van der Waals surface area contributed by atoms with Crippen molar-refractivity contribution in [3.05, 3.63) is 30.4 Å². The third kappa shape index (κ3) is 2.20. The number of hydrogen-bond acceptors (Lipinski definition) is 3. The molecule has 1 aliphatic rings. The second-order valence-corrected chi connectivity index (χ2v) is 5.01. The molecule has 0 bridgehead atoms. The van der Waals surface area contributed by atoms with Crippen molar-refractivity contribution in [1.82, 2.24) is 19.3 Å². The minimum atomic E-state index is 0.0389. The monoisotopic (exact) mass is 258 g/mol. The number of amides is 1. The summed E-state index contributed by atoms with van der Waals surface area (Å²) in [7, 11) is 0. The molecule has 0 radical (unpaired) electrons. The number of fused-ring (bicyclic) bond motifs is 1. The van der Waals surface area contributed by atoms with Gasteiger partial charge in [0.25, 0.3) is 5.91 Å². The van der Waals surface area contributed by atoms with E-state index in [0.717, 1.165) is 25.8 Å². The molecule has 0 aromatic carbocycles. The lowest BCUT2D eigenvalue weighted by Crippen LogP contribution is -2.43. The number of piperidine rings is 1. The molecule has 2 aromatic rings. The topological polar surface area (TPSA) is 50.5 Å². The summed E-state index contributed by atoms with van der Waals surface area (Å²) in [6, 6.07) is 2.19. The van der Waals surface area contributed by atoms with Crippen molar-refractivity contribution in [2.45, 2.75) is 38.6 Å². The van der Waals surface area contributed by atoms with Crippen LogP contribution in [0.15, 0.2) is 24.7 Å². The van der Waals surface area contributed by atoms with Crippen LogP contribution in [0.3, 0.4) is 0 Å². The highest BCUT2D eigenvalue weighted by Crippen LogP contribution is 2.21. The zero-order chi connectivity index (χ0) is 13.2. The second kappa shape index (κ2) is 4.99. The van der Waals surface area contributed by atoms with E-state index in [-0.39, 0.29) is 5.91 Å². The van der Waals surface area contributed by atoms with Gasteiger partial charge in [0.2, 0.25) is 5.78 Å². The lowest BCUT2D eigenvalue weighted by Gasteiger charge is -2.34. The molecule has 1 atom stereocenters. The number of aromatic nitrogens is 3. The summed E-state index contributed by atoms with van der Waals surface area (Å²) < 4.78 is 1.79. The van der Waals surface area contributed by atoms with E-state index in [1.54, 1.807) is 16.8 Å². The molecular formula is C14H18N4O. The van der Waals surface area contributed by atoms with E-state index in [0.29, 0.717) is 17.5 Å². The maximum atomic E-state index is 12.6. The molecule has 100 valence electrons. The van der Waals surface area contributed by atoms with Gasteiger partial charge in [0, 0.05) is 31.2 Å². The molecule has 19 heavy (non-hydrogen) atoms. The number of carbonyl (C=O) groups is 1. The fraction of sp³-hybridized carbons (Fsp3) is 0.500. The SMILES string of the molecule is CCC1CCCCN1C(=O)c1cn2cccnc2n1. The lowest BCUT2D eigenvalue weighted by molar-refractivity contribution is 0.0602. The van der Waals surface area contributed by atoms with Crippen molar-refractivity contribution in [2.24, 2.45) is 0 Å². The summed E-state index contributed by atoms with van der Waals surface area (Å²) in [4.78, 5) is 23.0. The number of rotatable bonds is 2. The van der Waals surface area contributed by atoms with E-state index in [1.807, 2.05) is 17.2 Å². The van der Waals surface area contributed by atoms with Crippen molar-refractivity contribution in [1.29, 1.82) is 0 Å². The van der Waals surface area contributed by atoms with Crippen molar-refractivity contribution in [3.8, 4) is 0 Å². The van der Waals surface area contributed by atoms with Crippen LogP contribution < -0.4 is 0 Å². The first-order valence-electron chi connectivity index (χ1n) is 6.90. The van der Waals surface area contributed by atoms with E-state index in [4.69, 9.17) is 0 Å². The molecule has 3 heterocycles. The summed E-state index contributed by atoms with van der Waals surface area (Å²) >= 11 is 0. The molecule has 3 rings (SSSR count). The van der Waals surface area contributed by atoms with Crippen LogP contribution in [0.5, 0.6) is 0 Å². The lowest BCUT2D eigenvalue weighted by atomic mass is 10.00. The number of imidazole rings is 1. The molecular weight excluding hydrogens is 240 g/mol. The Morgan fingerprint density at radius 1 is 1.47 bits per heavy atom. The Bertz CT molecular complexity index is 559. The van der Waals surface area contributed by atoms with Gasteiger partial charge >= 0.3 is 0 Å². The zero-order valence-electron chi connectivity index (χ0n) is 11.1. The van der Waals surface area contributed by atoms with Gasteiger partial charge in [-0.2, -0.15) is 0 Å². The fourth-order valence-electron chi connectivity index (χ4n) is 2.77. The molecule has 1 unspecified atom stereocenters. The Morgan fingerprint density at radius 3 is 3.16 bits per heavy atom. The number of carbonyl (C=O) groups excluding carboxylic acids is 1. The van der Waals surface area contributed by atoms with Gasteiger partial charge in [-0.05, 0) is 31.7 Å². The van der Waals surface area contributed by atoms with Crippen molar-refractivity contribution >= 4 is 11.7 Å². The maximum absolute atomic E-state index is 12.6. The summed E-state index contributed by atoms with van der Waals surface area (Å²) in [6.45, 7) is 2.99. The summed E-state index contributed by atoms with van der Waals surface area (Å²) in [6.07, 6.45) is 9.74. The molecule has 0 N–H and O–H groups in total. The third-order valence-corrected chi connectivity index (χ3v) is 3.81. The Labute approximate surface area is 112 Å². The quantitative estimate of drug-likeness (QED) is 0.829. The van der Waals surface area contributed by atoms with Crippen LogP contribution >= 0.6 is 0 Å². The van der Waals surface area contributed by atoms with Crippen LogP contribution in [0.4, 0.5) is 0 Å². The molecule has 5 nitrogen and oxygen atoms in total. The van der Waals surface area contributed by atoms with Crippen LogP contribution in [0.1, 0.15) is 43.1 Å². The predicted molar refractivity (Wildman–Crippen MR) is 72.0 cm³/mol. The first-order valence-corrected chi connectivity index (χ1v) is 6.90. The first kappa shape index (κ1) is 12.1. The van der Waals surface area contributed by atoms with E-state index >= 15 is 0 Å². The summed E-state index contributed by atoms with van der Waals surface area (Å²) in [5.41, 5.74) is 0.499. The minimum Gasteiger partial charge on any atom is -0.334 e. The van der Waals surface area contributed by atoms with E-state index in [2.05, 4.69) is 16.9 Å². The van der Waals surface area contributed by atoms with Gasteiger partial charge in [0.05, 0.1) is 0 Å². The van der Waals surface area contributed by atoms with Crippen LogP contribution in [0.2, 0.25) is 0 Å². The molecule has 5 heteroatoms. The summed E-state index contributed by atoms with van der Waals surface area (Å²) in [5.74, 6) is 0.618. The highest BCUT2D eigenvalue weighted by atomic mass is 16.2. The predicted octanol–water partition coefficient (Wildman–Crippen LogP) is 2.13. The molecule has 0 spiro atoms. The first-order chi connectivity index (χ1) is 9.29. The van der Waals surface area contributed by atoms with Gasteiger partial charge in [0.1, 0.15) is 5.69 Å². The second-order valence-electron chi connectivity index (χ2n) is 5.01. The minimum absolute atomic E-state index is 0.0389. The van der Waals surface area contributed by atoms with Gasteiger partial charge in [-0.1, -0.05) is 6.92 Å². The van der Waals surface area contributed by atoms with Gasteiger partial charge < -0.3 is 4.90 Å². The van der Waals surface area contributed by atoms with Gasteiger partial charge in [-0.3, -0.25) is 9.20 Å². The Morgan fingerprint density at radius 2 is 2.37 bits per heavy atom. The number of likely N-dealkylation sites (tertiary alicyclic amines) is 1. The third-order valence-electron chi connectivity index (χ3n) is 3.81.